The van der Waals surface area contributed by atoms with Crippen molar-refractivity contribution in [1.29, 1.82) is 0 Å². The Bertz CT molecular complexity index is 1010. The van der Waals surface area contributed by atoms with Crippen LogP contribution in [-0.4, -0.2) is 22.2 Å². The first-order chi connectivity index (χ1) is 14.4. The minimum absolute atomic E-state index is 0.192. The van der Waals surface area contributed by atoms with Gasteiger partial charge in [-0.05, 0) is 50.9 Å². The molecule has 0 saturated carbocycles. The van der Waals surface area contributed by atoms with Crippen molar-refractivity contribution in [2.24, 2.45) is 0 Å². The van der Waals surface area contributed by atoms with E-state index in [9.17, 15) is 14.3 Å². The molecule has 1 aromatic heterocycles. The number of aromatic nitrogens is 1. The van der Waals surface area contributed by atoms with Crippen LogP contribution in [0.2, 0.25) is 5.02 Å². The minimum atomic E-state index is -0.977. The van der Waals surface area contributed by atoms with Crippen LogP contribution < -0.4 is 5.32 Å². The van der Waals surface area contributed by atoms with Crippen molar-refractivity contribution < 1.29 is 14.3 Å². The molecule has 0 spiro atoms. The van der Waals surface area contributed by atoms with Gasteiger partial charge in [0.15, 0.2) is 0 Å². The summed E-state index contributed by atoms with van der Waals surface area (Å²) in [4.78, 5) is 11.9. The molecule has 3 aromatic rings. The second-order valence-electron chi connectivity index (χ2n) is 7.38. The number of rotatable bonds is 9. The van der Waals surface area contributed by atoms with Crippen molar-refractivity contribution in [3.63, 3.8) is 0 Å². The van der Waals surface area contributed by atoms with Crippen molar-refractivity contribution in [3.8, 4) is 0 Å². The first-order valence-corrected chi connectivity index (χ1v) is 10.4. The summed E-state index contributed by atoms with van der Waals surface area (Å²) in [5.41, 5.74) is 4.05. The number of carboxylic acids is 1. The normalized spacial score (nSPS) is 11.1. The third-order valence-electron chi connectivity index (χ3n) is 5.47. The van der Waals surface area contributed by atoms with Crippen LogP contribution in [0.4, 0.5) is 4.39 Å². The van der Waals surface area contributed by atoms with Crippen molar-refractivity contribution >= 4 is 17.6 Å². The van der Waals surface area contributed by atoms with E-state index in [-0.39, 0.29) is 12.1 Å². The summed E-state index contributed by atoms with van der Waals surface area (Å²) in [7, 11) is 0. The average Bonchev–Trinajstić information content (AvgIpc) is 2.95. The van der Waals surface area contributed by atoms with Crippen LogP contribution in [0.25, 0.3) is 0 Å². The van der Waals surface area contributed by atoms with Crippen molar-refractivity contribution in [1.82, 2.24) is 9.88 Å². The van der Waals surface area contributed by atoms with Crippen LogP contribution >= 0.6 is 11.6 Å². The van der Waals surface area contributed by atoms with E-state index in [1.807, 2.05) is 29.7 Å². The zero-order valence-corrected chi connectivity index (χ0v) is 18.0. The van der Waals surface area contributed by atoms with Gasteiger partial charge in [-0.3, -0.25) is 0 Å². The van der Waals surface area contributed by atoms with Gasteiger partial charge in [0.2, 0.25) is 0 Å². The van der Waals surface area contributed by atoms with Gasteiger partial charge in [0.05, 0.1) is 12.1 Å². The number of carbonyl (C=O) groups is 1. The lowest BCUT2D eigenvalue weighted by Gasteiger charge is -2.12. The van der Waals surface area contributed by atoms with Gasteiger partial charge in [-0.15, -0.1) is 0 Å². The maximum Gasteiger partial charge on any atom is 0.337 e. The maximum absolute atomic E-state index is 14.3. The number of hydrogen-bond acceptors (Lipinski definition) is 2. The standard InChI is InChI=1S/C24H26ClFN2O2/c1-16-19(14-27-13-7-10-18-8-4-3-5-9-18)23(24(29)30)17(2)28(16)15-20-21(25)11-6-12-22(20)26/h3-6,8-9,11-12,27H,7,10,13-15H2,1-2H3,(H,29,30). The van der Waals surface area contributed by atoms with E-state index in [0.29, 0.717) is 22.8 Å². The third kappa shape index (κ3) is 4.91. The topological polar surface area (TPSA) is 54.3 Å². The van der Waals surface area contributed by atoms with Gasteiger partial charge >= 0.3 is 5.97 Å². The molecule has 158 valence electrons. The Kier molecular flexibility index (Phi) is 7.29. The lowest BCUT2D eigenvalue weighted by molar-refractivity contribution is 0.0694. The second-order valence-corrected chi connectivity index (χ2v) is 7.79. The van der Waals surface area contributed by atoms with Gasteiger partial charge in [0, 0.05) is 34.1 Å². The average molecular weight is 429 g/mol. The molecule has 4 nitrogen and oxygen atoms in total. The number of halogens is 2. The third-order valence-corrected chi connectivity index (χ3v) is 5.82. The highest BCUT2D eigenvalue weighted by atomic mass is 35.5. The molecule has 0 aliphatic carbocycles. The van der Waals surface area contributed by atoms with Gasteiger partial charge in [-0.2, -0.15) is 0 Å². The molecule has 0 aliphatic rings. The second kappa shape index (κ2) is 9.92. The summed E-state index contributed by atoms with van der Waals surface area (Å²) < 4.78 is 16.1. The van der Waals surface area contributed by atoms with E-state index in [1.54, 1.807) is 19.1 Å². The highest BCUT2D eigenvalue weighted by Crippen LogP contribution is 2.27. The van der Waals surface area contributed by atoms with E-state index < -0.39 is 11.8 Å². The molecule has 0 unspecified atom stereocenters. The highest BCUT2D eigenvalue weighted by molar-refractivity contribution is 6.31. The summed E-state index contributed by atoms with van der Waals surface area (Å²) in [6.45, 7) is 5.04. The molecule has 2 aromatic carbocycles. The van der Waals surface area contributed by atoms with Crippen LogP contribution in [-0.2, 0) is 19.5 Å². The SMILES string of the molecule is Cc1c(CNCCCc2ccccc2)c(C(=O)O)c(C)n1Cc1c(F)cccc1Cl. The molecule has 0 saturated heterocycles. The summed E-state index contributed by atoms with van der Waals surface area (Å²) in [6.07, 6.45) is 1.92. The Balaban J connectivity index is 1.74. The lowest BCUT2D eigenvalue weighted by atomic mass is 10.1. The summed E-state index contributed by atoms with van der Waals surface area (Å²) in [6, 6.07) is 14.8. The molecular formula is C24H26ClFN2O2. The number of carboxylic acid groups (broad SMARTS) is 1. The van der Waals surface area contributed by atoms with Gasteiger partial charge in [0.1, 0.15) is 5.82 Å². The van der Waals surface area contributed by atoms with Crippen LogP contribution in [0, 0.1) is 19.7 Å². The molecular weight excluding hydrogens is 403 g/mol. The number of nitrogens with one attached hydrogen (secondary N) is 1. The Morgan fingerprint density at radius 2 is 1.80 bits per heavy atom. The summed E-state index contributed by atoms with van der Waals surface area (Å²) in [5, 5.41) is 13.5. The summed E-state index contributed by atoms with van der Waals surface area (Å²) >= 11 is 6.18. The number of hydrogen-bond donors (Lipinski definition) is 2. The maximum atomic E-state index is 14.3. The quantitative estimate of drug-likeness (QED) is 0.451. The monoisotopic (exact) mass is 428 g/mol. The fourth-order valence-electron chi connectivity index (χ4n) is 3.80. The first-order valence-electron chi connectivity index (χ1n) is 9.99. The molecule has 30 heavy (non-hydrogen) atoms. The number of benzene rings is 2. The molecule has 0 amide bonds. The van der Waals surface area contributed by atoms with E-state index in [4.69, 9.17) is 11.6 Å². The molecule has 3 rings (SSSR count). The van der Waals surface area contributed by atoms with Crippen LogP contribution in [0.5, 0.6) is 0 Å². The molecule has 1 heterocycles. The van der Waals surface area contributed by atoms with Gasteiger partial charge in [0.25, 0.3) is 0 Å². The predicted molar refractivity (Wildman–Crippen MR) is 118 cm³/mol. The molecule has 6 heteroatoms. The molecule has 0 radical (unpaired) electrons. The number of aryl methyl sites for hydroxylation is 1. The zero-order valence-electron chi connectivity index (χ0n) is 17.2. The molecule has 0 atom stereocenters. The van der Waals surface area contributed by atoms with Crippen molar-refractivity contribution in [3.05, 3.63) is 93.0 Å². The van der Waals surface area contributed by atoms with Crippen molar-refractivity contribution in [2.75, 3.05) is 6.54 Å². The van der Waals surface area contributed by atoms with Crippen LogP contribution in [0.3, 0.4) is 0 Å². The number of nitrogens with zero attached hydrogens (tertiary/aromatic N) is 1. The first kappa shape index (κ1) is 22.1. The van der Waals surface area contributed by atoms with Gasteiger partial charge in [-0.25, -0.2) is 9.18 Å². The lowest BCUT2D eigenvalue weighted by Crippen LogP contribution is -2.17. The Hall–Kier alpha value is -2.63. The van der Waals surface area contributed by atoms with E-state index in [1.165, 1.54) is 11.6 Å². The summed E-state index contributed by atoms with van der Waals surface area (Å²) in [5.74, 6) is -1.37. The van der Waals surface area contributed by atoms with E-state index in [2.05, 4.69) is 17.4 Å². The van der Waals surface area contributed by atoms with Gasteiger partial charge in [-0.1, -0.05) is 48.0 Å². The minimum Gasteiger partial charge on any atom is -0.478 e. The van der Waals surface area contributed by atoms with Crippen molar-refractivity contribution in [2.45, 2.75) is 39.8 Å². The smallest absolute Gasteiger partial charge is 0.337 e. The highest BCUT2D eigenvalue weighted by Gasteiger charge is 2.23. The molecule has 0 bridgehead atoms. The van der Waals surface area contributed by atoms with Crippen LogP contribution in [0.1, 0.15) is 44.9 Å². The fraction of sp³-hybridized carbons (Fsp3) is 0.292. The molecule has 2 N–H and O–H groups in total. The van der Waals surface area contributed by atoms with Gasteiger partial charge < -0.3 is 15.0 Å². The molecule has 0 aliphatic heterocycles. The van der Waals surface area contributed by atoms with Crippen LogP contribution in [0.15, 0.2) is 48.5 Å². The largest absolute Gasteiger partial charge is 0.478 e. The Morgan fingerprint density at radius 1 is 1.07 bits per heavy atom. The van der Waals surface area contributed by atoms with E-state index in [0.717, 1.165) is 30.6 Å². The van der Waals surface area contributed by atoms with E-state index >= 15 is 0 Å². The molecule has 0 fully saturated rings. The Labute approximate surface area is 181 Å². The number of aromatic carboxylic acids is 1. The zero-order chi connectivity index (χ0) is 21.7. The predicted octanol–water partition coefficient (Wildman–Crippen LogP) is 5.37. The fourth-order valence-corrected chi connectivity index (χ4v) is 4.03. The Morgan fingerprint density at radius 3 is 2.47 bits per heavy atom.